The van der Waals surface area contributed by atoms with Crippen molar-refractivity contribution in [3.63, 3.8) is 0 Å². The molecule has 0 aromatic heterocycles. The Morgan fingerprint density at radius 1 is 1.13 bits per heavy atom. The zero-order valence-corrected chi connectivity index (χ0v) is 14.7. The molecule has 1 aliphatic carbocycles. The van der Waals surface area contributed by atoms with E-state index in [9.17, 15) is 0 Å². The molecule has 2 heterocycles. The molecule has 2 heteroatoms. The SMILES string of the molecule is CC(C)(C)C1=C[C@@H](c2ccccc2)[C@@H]2CCCC[C@@]23OCCN13. The molecule has 1 saturated heterocycles. The molecule has 1 aromatic rings. The van der Waals surface area contributed by atoms with Gasteiger partial charge in [-0.2, -0.15) is 0 Å². The van der Waals surface area contributed by atoms with Crippen molar-refractivity contribution in [3.05, 3.63) is 47.7 Å². The molecule has 0 bridgehead atoms. The lowest BCUT2D eigenvalue weighted by molar-refractivity contribution is -0.151. The summed E-state index contributed by atoms with van der Waals surface area (Å²) in [4.78, 5) is 2.64. The van der Waals surface area contributed by atoms with Crippen LogP contribution in [0.25, 0.3) is 0 Å². The maximum absolute atomic E-state index is 6.51. The quantitative estimate of drug-likeness (QED) is 0.729. The highest BCUT2D eigenvalue weighted by molar-refractivity contribution is 5.33. The normalized spacial score (nSPS) is 33.9. The standard InChI is InChI=1S/C21H29NO/c1-20(2,3)19-15-17(16-9-5-4-6-10-16)18-11-7-8-12-21(18)22(19)13-14-23-21/h4-6,9-10,15,17-18H,7-8,11-14H2,1-3H3/t17-,18-,21+/m0/s1. The second kappa shape index (κ2) is 5.37. The number of ether oxygens (including phenoxy) is 1. The minimum absolute atomic E-state index is 0.0455. The number of hydrogen-bond donors (Lipinski definition) is 0. The van der Waals surface area contributed by atoms with Crippen molar-refractivity contribution in [2.75, 3.05) is 13.2 Å². The molecular weight excluding hydrogens is 282 g/mol. The average Bonchev–Trinajstić information content (AvgIpc) is 2.96. The van der Waals surface area contributed by atoms with Gasteiger partial charge in [-0.25, -0.2) is 0 Å². The van der Waals surface area contributed by atoms with Crippen LogP contribution in [0, 0.1) is 11.3 Å². The maximum atomic E-state index is 6.51. The average molecular weight is 311 g/mol. The maximum Gasteiger partial charge on any atom is 0.144 e. The number of hydrogen-bond acceptors (Lipinski definition) is 2. The van der Waals surface area contributed by atoms with E-state index < -0.39 is 0 Å². The van der Waals surface area contributed by atoms with Crippen molar-refractivity contribution in [2.24, 2.45) is 11.3 Å². The Kier molecular flexibility index (Phi) is 3.57. The van der Waals surface area contributed by atoms with E-state index in [0.717, 1.165) is 13.2 Å². The molecular formula is C21H29NO. The zero-order valence-electron chi connectivity index (χ0n) is 14.7. The molecule has 1 aromatic carbocycles. The van der Waals surface area contributed by atoms with Crippen LogP contribution in [-0.4, -0.2) is 23.8 Å². The van der Waals surface area contributed by atoms with E-state index in [-0.39, 0.29) is 11.1 Å². The van der Waals surface area contributed by atoms with Gasteiger partial charge in [-0.3, -0.25) is 0 Å². The first-order valence-electron chi connectivity index (χ1n) is 9.21. The van der Waals surface area contributed by atoms with Crippen LogP contribution in [0.15, 0.2) is 42.1 Å². The van der Waals surface area contributed by atoms with Gasteiger partial charge in [-0.15, -0.1) is 0 Å². The van der Waals surface area contributed by atoms with Gasteiger partial charge in [0.1, 0.15) is 5.72 Å². The molecule has 1 saturated carbocycles. The molecule has 0 unspecified atom stereocenters. The van der Waals surface area contributed by atoms with Crippen molar-refractivity contribution >= 4 is 0 Å². The summed E-state index contributed by atoms with van der Waals surface area (Å²) in [6.07, 6.45) is 7.67. The van der Waals surface area contributed by atoms with Gasteiger partial charge in [0, 0.05) is 29.5 Å². The topological polar surface area (TPSA) is 12.5 Å². The Hall–Kier alpha value is -1.28. The first-order chi connectivity index (χ1) is 11.0. The molecule has 0 radical (unpaired) electrons. The predicted molar refractivity (Wildman–Crippen MR) is 94.1 cm³/mol. The number of benzene rings is 1. The lowest BCUT2D eigenvalue weighted by Gasteiger charge is -2.55. The third-order valence-corrected chi connectivity index (χ3v) is 6.02. The monoisotopic (exact) mass is 311 g/mol. The first kappa shape index (κ1) is 15.3. The molecule has 2 aliphatic heterocycles. The molecule has 3 aliphatic rings. The van der Waals surface area contributed by atoms with Gasteiger partial charge in [0.25, 0.3) is 0 Å². The second-order valence-corrected chi connectivity index (χ2v) is 8.44. The highest BCUT2D eigenvalue weighted by atomic mass is 16.5. The van der Waals surface area contributed by atoms with Gasteiger partial charge < -0.3 is 9.64 Å². The van der Waals surface area contributed by atoms with Gasteiger partial charge >= 0.3 is 0 Å². The lowest BCUT2D eigenvalue weighted by atomic mass is 9.66. The fourth-order valence-corrected chi connectivity index (χ4v) is 5.07. The second-order valence-electron chi connectivity index (χ2n) is 8.44. The summed E-state index contributed by atoms with van der Waals surface area (Å²) in [6, 6.07) is 11.1. The summed E-state index contributed by atoms with van der Waals surface area (Å²) in [5.74, 6) is 1.08. The summed E-state index contributed by atoms with van der Waals surface area (Å²) in [5, 5.41) is 0. The van der Waals surface area contributed by atoms with Gasteiger partial charge in [0.05, 0.1) is 6.61 Å². The van der Waals surface area contributed by atoms with Crippen LogP contribution >= 0.6 is 0 Å². The van der Waals surface area contributed by atoms with E-state index in [1.807, 2.05) is 0 Å². The molecule has 3 atom stereocenters. The van der Waals surface area contributed by atoms with Gasteiger partial charge in [0.15, 0.2) is 0 Å². The van der Waals surface area contributed by atoms with Crippen LogP contribution < -0.4 is 0 Å². The fourth-order valence-electron chi connectivity index (χ4n) is 5.07. The summed E-state index contributed by atoms with van der Waals surface area (Å²) >= 11 is 0. The molecule has 4 rings (SSSR count). The third kappa shape index (κ3) is 2.34. The lowest BCUT2D eigenvalue weighted by Crippen LogP contribution is -2.57. The fraction of sp³-hybridized carbons (Fsp3) is 0.619. The Bertz CT molecular complexity index is 600. The van der Waals surface area contributed by atoms with E-state index in [0.29, 0.717) is 11.8 Å². The molecule has 2 nitrogen and oxygen atoms in total. The van der Waals surface area contributed by atoms with Crippen LogP contribution in [-0.2, 0) is 4.74 Å². The summed E-state index contributed by atoms with van der Waals surface area (Å²) in [6.45, 7) is 8.97. The highest BCUT2D eigenvalue weighted by Gasteiger charge is 2.56. The van der Waals surface area contributed by atoms with Crippen molar-refractivity contribution in [1.82, 2.24) is 4.90 Å². The molecule has 0 amide bonds. The summed E-state index contributed by atoms with van der Waals surface area (Å²) < 4.78 is 6.51. The van der Waals surface area contributed by atoms with E-state index >= 15 is 0 Å². The zero-order chi connectivity index (χ0) is 16.1. The molecule has 1 spiro atoms. The van der Waals surface area contributed by atoms with Gasteiger partial charge in [-0.1, -0.05) is 63.6 Å². The van der Waals surface area contributed by atoms with Crippen LogP contribution in [0.3, 0.4) is 0 Å². The number of nitrogens with zero attached hydrogens (tertiary/aromatic N) is 1. The minimum atomic E-state index is -0.0455. The van der Waals surface area contributed by atoms with Crippen molar-refractivity contribution in [1.29, 1.82) is 0 Å². The summed E-state index contributed by atoms with van der Waals surface area (Å²) in [5.41, 5.74) is 3.06. The molecule has 0 N–H and O–H groups in total. The third-order valence-electron chi connectivity index (χ3n) is 6.02. The predicted octanol–water partition coefficient (Wildman–Crippen LogP) is 4.93. The van der Waals surface area contributed by atoms with Gasteiger partial charge in [-0.05, 0) is 24.8 Å². The molecule has 124 valence electrons. The van der Waals surface area contributed by atoms with E-state index in [1.165, 1.54) is 36.9 Å². The Morgan fingerprint density at radius 2 is 1.91 bits per heavy atom. The first-order valence-corrected chi connectivity index (χ1v) is 9.21. The van der Waals surface area contributed by atoms with Crippen LogP contribution in [0.5, 0.6) is 0 Å². The van der Waals surface area contributed by atoms with Crippen molar-refractivity contribution in [3.8, 4) is 0 Å². The Labute approximate surface area is 140 Å². The molecule has 23 heavy (non-hydrogen) atoms. The van der Waals surface area contributed by atoms with E-state index in [1.54, 1.807) is 0 Å². The van der Waals surface area contributed by atoms with Crippen LogP contribution in [0.1, 0.15) is 57.9 Å². The Balaban J connectivity index is 1.86. The van der Waals surface area contributed by atoms with Crippen molar-refractivity contribution < 1.29 is 4.74 Å². The summed E-state index contributed by atoms with van der Waals surface area (Å²) in [7, 11) is 0. The van der Waals surface area contributed by atoms with Gasteiger partial charge in [0.2, 0.25) is 0 Å². The smallest absolute Gasteiger partial charge is 0.144 e. The number of allylic oxidation sites excluding steroid dienone is 2. The van der Waals surface area contributed by atoms with Crippen LogP contribution in [0.4, 0.5) is 0 Å². The highest BCUT2D eigenvalue weighted by Crippen LogP contribution is 2.55. The minimum Gasteiger partial charge on any atom is -0.353 e. The number of rotatable bonds is 1. The van der Waals surface area contributed by atoms with Crippen molar-refractivity contribution in [2.45, 2.75) is 58.1 Å². The largest absolute Gasteiger partial charge is 0.353 e. The van der Waals surface area contributed by atoms with Crippen LogP contribution in [0.2, 0.25) is 0 Å². The van der Waals surface area contributed by atoms with E-state index in [4.69, 9.17) is 4.74 Å². The Morgan fingerprint density at radius 3 is 2.65 bits per heavy atom. The molecule has 2 fully saturated rings. The van der Waals surface area contributed by atoms with E-state index in [2.05, 4.69) is 62.1 Å².